The summed E-state index contributed by atoms with van der Waals surface area (Å²) >= 11 is 0. The van der Waals surface area contributed by atoms with E-state index in [4.69, 9.17) is 5.73 Å². The van der Waals surface area contributed by atoms with Crippen LogP contribution < -0.4 is 5.73 Å². The molecule has 3 N–H and O–H groups in total. The van der Waals surface area contributed by atoms with Crippen molar-refractivity contribution in [2.45, 2.75) is 39.3 Å². The third kappa shape index (κ3) is 2.24. The van der Waals surface area contributed by atoms with Crippen molar-refractivity contribution in [1.82, 2.24) is 14.5 Å². The maximum absolute atomic E-state index is 9.82. The van der Waals surface area contributed by atoms with Crippen LogP contribution in [0.1, 0.15) is 31.7 Å². The Morgan fingerprint density at radius 2 is 2.24 bits per heavy atom. The standard InChI is InChI=1S/C12H18N4O/c1-2-3-4-7-16-10-9(8-13)5-6-14-11(10)15-12(16)17/h5-6H,2-4,7-8,13H2,1H3,(H,14,15,17). The van der Waals surface area contributed by atoms with Gasteiger partial charge >= 0.3 is 0 Å². The van der Waals surface area contributed by atoms with E-state index in [1.54, 1.807) is 10.8 Å². The molecule has 5 nitrogen and oxygen atoms in total. The minimum atomic E-state index is 0.0319. The lowest BCUT2D eigenvalue weighted by Crippen LogP contribution is -2.03. The van der Waals surface area contributed by atoms with Gasteiger partial charge < -0.3 is 10.8 Å². The molecule has 5 heteroatoms. The fraction of sp³-hybridized carbons (Fsp3) is 0.500. The number of aromatic hydroxyl groups is 1. The van der Waals surface area contributed by atoms with Gasteiger partial charge in [0.1, 0.15) is 0 Å². The summed E-state index contributed by atoms with van der Waals surface area (Å²) in [5, 5.41) is 9.82. The molecule has 2 aromatic heterocycles. The number of aromatic nitrogens is 3. The zero-order valence-electron chi connectivity index (χ0n) is 10.1. The van der Waals surface area contributed by atoms with Gasteiger partial charge in [0.2, 0.25) is 0 Å². The summed E-state index contributed by atoms with van der Waals surface area (Å²) in [4.78, 5) is 8.20. The van der Waals surface area contributed by atoms with Crippen LogP contribution in [0.5, 0.6) is 6.01 Å². The quantitative estimate of drug-likeness (QED) is 0.773. The van der Waals surface area contributed by atoms with E-state index in [9.17, 15) is 5.11 Å². The van der Waals surface area contributed by atoms with E-state index < -0.39 is 0 Å². The van der Waals surface area contributed by atoms with Crippen molar-refractivity contribution in [1.29, 1.82) is 0 Å². The van der Waals surface area contributed by atoms with Crippen molar-refractivity contribution >= 4 is 11.2 Å². The van der Waals surface area contributed by atoms with Gasteiger partial charge in [-0.15, -0.1) is 0 Å². The molecule has 0 unspecified atom stereocenters. The van der Waals surface area contributed by atoms with Crippen molar-refractivity contribution in [2.75, 3.05) is 0 Å². The van der Waals surface area contributed by atoms with Crippen molar-refractivity contribution in [3.8, 4) is 6.01 Å². The molecular formula is C12H18N4O. The highest BCUT2D eigenvalue weighted by Crippen LogP contribution is 2.22. The average molecular weight is 234 g/mol. The van der Waals surface area contributed by atoms with Gasteiger partial charge in [0.15, 0.2) is 5.65 Å². The second kappa shape index (κ2) is 5.14. The molecule has 0 amide bonds. The lowest BCUT2D eigenvalue weighted by Gasteiger charge is -2.07. The Bertz CT molecular complexity index is 506. The van der Waals surface area contributed by atoms with E-state index in [-0.39, 0.29) is 6.01 Å². The number of pyridine rings is 1. The Labute approximate surface area is 100 Å². The maximum atomic E-state index is 9.82. The highest BCUT2D eigenvalue weighted by Gasteiger charge is 2.13. The predicted octanol–water partition coefficient (Wildman–Crippen LogP) is 1.79. The molecule has 0 aliphatic heterocycles. The van der Waals surface area contributed by atoms with E-state index in [0.29, 0.717) is 12.2 Å². The number of aryl methyl sites for hydroxylation is 1. The molecule has 0 aliphatic rings. The Kier molecular flexibility index (Phi) is 3.58. The normalized spacial score (nSPS) is 11.2. The summed E-state index contributed by atoms with van der Waals surface area (Å²) in [5.41, 5.74) is 8.11. The lowest BCUT2D eigenvalue weighted by atomic mass is 10.2. The largest absolute Gasteiger partial charge is 0.480 e. The van der Waals surface area contributed by atoms with E-state index in [2.05, 4.69) is 16.9 Å². The van der Waals surface area contributed by atoms with Gasteiger partial charge in [-0.25, -0.2) is 4.98 Å². The van der Waals surface area contributed by atoms with Crippen molar-refractivity contribution < 1.29 is 5.11 Å². The van der Waals surface area contributed by atoms with Gasteiger partial charge in [-0.3, -0.25) is 4.57 Å². The van der Waals surface area contributed by atoms with Crippen LogP contribution in [0, 0.1) is 0 Å². The Morgan fingerprint density at radius 3 is 2.94 bits per heavy atom. The topological polar surface area (TPSA) is 77.0 Å². The zero-order chi connectivity index (χ0) is 12.3. The van der Waals surface area contributed by atoms with Crippen LogP contribution in [0.15, 0.2) is 12.3 Å². The zero-order valence-corrected chi connectivity index (χ0v) is 10.1. The molecule has 0 spiro atoms. The van der Waals surface area contributed by atoms with Crippen LogP contribution in [0.2, 0.25) is 0 Å². The summed E-state index contributed by atoms with van der Waals surface area (Å²) in [5.74, 6) is 0. The Balaban J connectivity index is 2.41. The van der Waals surface area contributed by atoms with E-state index >= 15 is 0 Å². The van der Waals surface area contributed by atoms with Crippen LogP contribution in [-0.4, -0.2) is 19.6 Å². The van der Waals surface area contributed by atoms with Gasteiger partial charge in [0, 0.05) is 19.3 Å². The van der Waals surface area contributed by atoms with Crippen molar-refractivity contribution in [3.05, 3.63) is 17.8 Å². The second-order valence-electron chi connectivity index (χ2n) is 4.12. The first-order chi connectivity index (χ1) is 8.27. The summed E-state index contributed by atoms with van der Waals surface area (Å²) < 4.78 is 1.81. The van der Waals surface area contributed by atoms with Gasteiger partial charge in [-0.1, -0.05) is 19.8 Å². The molecule has 0 saturated carbocycles. The van der Waals surface area contributed by atoms with Crippen LogP contribution in [0.25, 0.3) is 11.2 Å². The van der Waals surface area contributed by atoms with Gasteiger partial charge in [0.25, 0.3) is 6.01 Å². The third-order valence-corrected chi connectivity index (χ3v) is 2.91. The number of nitrogens with zero attached hydrogens (tertiary/aromatic N) is 3. The van der Waals surface area contributed by atoms with Crippen LogP contribution in [0.3, 0.4) is 0 Å². The summed E-state index contributed by atoms with van der Waals surface area (Å²) in [6.45, 7) is 3.34. The van der Waals surface area contributed by atoms with Crippen LogP contribution in [0.4, 0.5) is 0 Å². The summed E-state index contributed by atoms with van der Waals surface area (Å²) in [6, 6.07) is 1.91. The Morgan fingerprint density at radius 1 is 1.41 bits per heavy atom. The molecular weight excluding hydrogens is 216 g/mol. The average Bonchev–Trinajstić information content (AvgIpc) is 2.66. The maximum Gasteiger partial charge on any atom is 0.296 e. The van der Waals surface area contributed by atoms with Gasteiger partial charge in [-0.05, 0) is 18.1 Å². The van der Waals surface area contributed by atoms with Gasteiger partial charge in [-0.2, -0.15) is 4.98 Å². The smallest absolute Gasteiger partial charge is 0.296 e. The van der Waals surface area contributed by atoms with Crippen LogP contribution in [-0.2, 0) is 13.1 Å². The second-order valence-corrected chi connectivity index (χ2v) is 4.12. The van der Waals surface area contributed by atoms with E-state index in [1.807, 2.05) is 6.07 Å². The molecule has 0 aromatic carbocycles. The van der Waals surface area contributed by atoms with Crippen molar-refractivity contribution in [2.24, 2.45) is 5.73 Å². The fourth-order valence-electron chi connectivity index (χ4n) is 2.01. The van der Waals surface area contributed by atoms with Crippen molar-refractivity contribution in [3.63, 3.8) is 0 Å². The third-order valence-electron chi connectivity index (χ3n) is 2.91. The first-order valence-corrected chi connectivity index (χ1v) is 6.01. The number of unbranched alkanes of at least 4 members (excludes halogenated alkanes) is 2. The molecule has 92 valence electrons. The van der Waals surface area contributed by atoms with Crippen LogP contribution >= 0.6 is 0 Å². The summed E-state index contributed by atoms with van der Waals surface area (Å²) in [7, 11) is 0. The molecule has 0 saturated heterocycles. The predicted molar refractivity (Wildman–Crippen MR) is 66.6 cm³/mol. The molecule has 0 aliphatic carbocycles. The summed E-state index contributed by atoms with van der Waals surface area (Å²) in [6.07, 6.45) is 4.98. The first kappa shape index (κ1) is 11.9. The number of hydrogen-bond acceptors (Lipinski definition) is 4. The molecule has 0 fully saturated rings. The SMILES string of the molecule is CCCCCn1c(O)nc2nccc(CN)c21. The highest BCUT2D eigenvalue weighted by molar-refractivity contribution is 5.76. The monoisotopic (exact) mass is 234 g/mol. The molecule has 2 aromatic rings. The molecule has 2 rings (SSSR count). The fourth-order valence-corrected chi connectivity index (χ4v) is 2.01. The number of hydrogen-bond donors (Lipinski definition) is 2. The molecule has 0 bridgehead atoms. The minimum absolute atomic E-state index is 0.0319. The number of rotatable bonds is 5. The number of nitrogens with two attached hydrogens (primary N) is 1. The molecule has 17 heavy (non-hydrogen) atoms. The Hall–Kier alpha value is -1.62. The highest BCUT2D eigenvalue weighted by atomic mass is 16.3. The minimum Gasteiger partial charge on any atom is -0.480 e. The number of fused-ring (bicyclic) bond motifs is 1. The molecule has 0 radical (unpaired) electrons. The number of imidazole rings is 1. The lowest BCUT2D eigenvalue weighted by molar-refractivity contribution is 0.397. The van der Waals surface area contributed by atoms with E-state index in [0.717, 1.165) is 36.9 Å². The van der Waals surface area contributed by atoms with Gasteiger partial charge in [0.05, 0.1) is 5.52 Å². The molecule has 2 heterocycles. The van der Waals surface area contributed by atoms with E-state index in [1.165, 1.54) is 0 Å². The first-order valence-electron chi connectivity index (χ1n) is 6.01. The molecule has 0 atom stereocenters.